The molecule has 0 bridgehead atoms. The average Bonchev–Trinajstić information content (AvgIpc) is 3.31. The first-order valence-electron chi connectivity index (χ1n) is 16.1. The Balaban J connectivity index is 1.71. The maximum Gasteiger partial charge on any atom is 0.339 e. The second kappa shape index (κ2) is 14.3. The molecule has 1 unspecified atom stereocenters. The van der Waals surface area contributed by atoms with E-state index >= 15 is 0 Å². The van der Waals surface area contributed by atoms with Crippen LogP contribution in [0.2, 0.25) is 0 Å². The number of Topliss-reactive ketones (excluding diaryl/α,β-unsaturated/α-hetero) is 1. The van der Waals surface area contributed by atoms with Crippen molar-refractivity contribution >= 4 is 27.7 Å². The summed E-state index contributed by atoms with van der Waals surface area (Å²) in [5.74, 6) is -2.66. The Bertz CT molecular complexity index is 1160. The van der Waals surface area contributed by atoms with Gasteiger partial charge in [0.05, 0.1) is 35.6 Å². The molecular formula is C34H53BrO8. The molecule has 2 fully saturated rings. The van der Waals surface area contributed by atoms with Crippen LogP contribution in [-0.2, 0) is 20.7 Å². The number of benzene rings is 1. The minimum Gasteiger partial charge on any atom is -0.507 e. The molecule has 244 valence electrons. The first-order valence-corrected chi connectivity index (χ1v) is 16.9. The van der Waals surface area contributed by atoms with E-state index in [1.54, 1.807) is 19.9 Å². The highest BCUT2D eigenvalue weighted by Crippen LogP contribution is 2.48. The number of halogens is 1. The maximum absolute atomic E-state index is 13.9. The number of carboxylic acid groups (broad SMARTS) is 1. The van der Waals surface area contributed by atoms with Crippen molar-refractivity contribution in [2.75, 3.05) is 0 Å². The van der Waals surface area contributed by atoms with Crippen molar-refractivity contribution in [2.45, 2.75) is 142 Å². The van der Waals surface area contributed by atoms with Crippen LogP contribution in [-0.4, -0.2) is 67.8 Å². The molecule has 0 aliphatic carbocycles. The highest BCUT2D eigenvalue weighted by atomic mass is 79.9. The van der Waals surface area contributed by atoms with E-state index < -0.39 is 29.2 Å². The number of aliphatic hydroxyl groups is 2. The predicted octanol–water partition coefficient (Wildman–Crippen LogP) is 6.60. The summed E-state index contributed by atoms with van der Waals surface area (Å²) in [5.41, 5.74) is -0.546. The number of rotatable bonds is 13. The molecular weight excluding hydrogens is 616 g/mol. The second-order valence-corrected chi connectivity index (χ2v) is 14.2. The Morgan fingerprint density at radius 1 is 1.16 bits per heavy atom. The van der Waals surface area contributed by atoms with Crippen molar-refractivity contribution in [3.63, 3.8) is 0 Å². The lowest BCUT2D eigenvalue weighted by molar-refractivity contribution is -0.229. The van der Waals surface area contributed by atoms with Gasteiger partial charge in [-0.2, -0.15) is 0 Å². The number of aryl methyl sites for hydroxylation is 1. The van der Waals surface area contributed by atoms with Crippen molar-refractivity contribution in [3.8, 4) is 5.75 Å². The van der Waals surface area contributed by atoms with Crippen LogP contribution in [0.5, 0.6) is 5.75 Å². The number of carbonyl (C=O) groups is 2. The Labute approximate surface area is 265 Å². The quantitative estimate of drug-likeness (QED) is 0.185. The van der Waals surface area contributed by atoms with E-state index in [0.717, 1.165) is 12.8 Å². The van der Waals surface area contributed by atoms with Gasteiger partial charge in [0.1, 0.15) is 17.1 Å². The third-order valence-electron chi connectivity index (χ3n) is 10.7. The van der Waals surface area contributed by atoms with Gasteiger partial charge in [0.15, 0.2) is 0 Å². The van der Waals surface area contributed by atoms with Crippen LogP contribution in [0, 0.1) is 30.6 Å². The van der Waals surface area contributed by atoms with E-state index in [9.17, 15) is 30.0 Å². The number of carbonyl (C=O) groups excluding carboxylic acids is 1. The summed E-state index contributed by atoms with van der Waals surface area (Å²) in [7, 11) is 0. The fourth-order valence-electron chi connectivity index (χ4n) is 7.53. The number of phenols is 1. The van der Waals surface area contributed by atoms with Crippen molar-refractivity contribution in [1.29, 1.82) is 0 Å². The lowest BCUT2D eigenvalue weighted by Gasteiger charge is -2.47. The molecule has 2 heterocycles. The lowest BCUT2D eigenvalue weighted by Crippen LogP contribution is -2.55. The van der Waals surface area contributed by atoms with Crippen LogP contribution in [0.25, 0.3) is 0 Å². The highest BCUT2D eigenvalue weighted by Gasteiger charge is 2.55. The topological polar surface area (TPSA) is 134 Å². The molecule has 1 aromatic rings. The zero-order chi connectivity index (χ0) is 32.4. The number of hydrogen-bond acceptors (Lipinski definition) is 7. The first-order chi connectivity index (χ1) is 20.1. The summed E-state index contributed by atoms with van der Waals surface area (Å²) >= 11 is 3.44. The van der Waals surface area contributed by atoms with E-state index in [0.29, 0.717) is 54.1 Å². The minimum atomic E-state index is -1.21. The van der Waals surface area contributed by atoms with Crippen LogP contribution in [0.3, 0.4) is 0 Å². The van der Waals surface area contributed by atoms with Gasteiger partial charge in [-0.15, -0.1) is 0 Å². The van der Waals surface area contributed by atoms with E-state index in [-0.39, 0.29) is 53.2 Å². The molecule has 0 radical (unpaired) electrons. The SMILES string of the molecule is CC[C@@H](C(=O)[C@@H](C)[C@@H](O)[C@@H](C)CCc1c(Br)cc(C)c(O)c1C(=O)O)[C@H]1O[C@](CC)(C2CC[C@](O)(CC)[C@H](C)O2)C[C@@H]1C. The van der Waals surface area contributed by atoms with E-state index in [4.69, 9.17) is 9.47 Å². The monoisotopic (exact) mass is 668 g/mol. The molecule has 0 aromatic heterocycles. The molecule has 9 heteroatoms. The van der Waals surface area contributed by atoms with Crippen LogP contribution in [0.4, 0.5) is 0 Å². The molecule has 1 aromatic carbocycles. The van der Waals surface area contributed by atoms with Gasteiger partial charge >= 0.3 is 5.97 Å². The molecule has 10 atom stereocenters. The average molecular weight is 670 g/mol. The zero-order valence-corrected chi connectivity index (χ0v) is 28.7. The lowest BCUT2D eigenvalue weighted by atomic mass is 9.76. The van der Waals surface area contributed by atoms with Gasteiger partial charge in [0, 0.05) is 16.3 Å². The van der Waals surface area contributed by atoms with Crippen molar-refractivity contribution in [1.82, 2.24) is 0 Å². The number of carboxylic acids is 1. The Morgan fingerprint density at radius 3 is 2.35 bits per heavy atom. The van der Waals surface area contributed by atoms with Gasteiger partial charge in [-0.25, -0.2) is 4.79 Å². The predicted molar refractivity (Wildman–Crippen MR) is 169 cm³/mol. The zero-order valence-electron chi connectivity index (χ0n) is 27.2. The number of ketones is 1. The maximum atomic E-state index is 13.9. The van der Waals surface area contributed by atoms with Gasteiger partial charge in [-0.05, 0) is 94.2 Å². The van der Waals surface area contributed by atoms with Gasteiger partial charge < -0.3 is 29.9 Å². The van der Waals surface area contributed by atoms with Crippen LogP contribution >= 0.6 is 15.9 Å². The first kappa shape index (κ1) is 36.0. The van der Waals surface area contributed by atoms with Crippen molar-refractivity contribution in [2.24, 2.45) is 23.7 Å². The number of ether oxygens (including phenoxy) is 2. The number of aromatic hydroxyl groups is 1. The van der Waals surface area contributed by atoms with E-state index in [1.165, 1.54) is 0 Å². The van der Waals surface area contributed by atoms with Gasteiger partial charge in [0.2, 0.25) is 0 Å². The van der Waals surface area contributed by atoms with Crippen LogP contribution < -0.4 is 0 Å². The molecule has 2 aliphatic heterocycles. The minimum absolute atomic E-state index is 0.0238. The molecule has 0 saturated carbocycles. The summed E-state index contributed by atoms with van der Waals surface area (Å²) in [6, 6.07) is 1.69. The fourth-order valence-corrected chi connectivity index (χ4v) is 8.27. The summed E-state index contributed by atoms with van der Waals surface area (Å²) in [6.45, 7) is 15.4. The van der Waals surface area contributed by atoms with Gasteiger partial charge in [-0.3, -0.25) is 4.79 Å². The van der Waals surface area contributed by atoms with Crippen molar-refractivity contribution < 1.29 is 39.5 Å². The van der Waals surface area contributed by atoms with Crippen LogP contribution in [0.1, 0.15) is 115 Å². The van der Waals surface area contributed by atoms with E-state index in [2.05, 4.69) is 29.8 Å². The molecule has 4 N–H and O–H groups in total. The highest BCUT2D eigenvalue weighted by molar-refractivity contribution is 9.10. The van der Waals surface area contributed by atoms with Gasteiger partial charge in [0.25, 0.3) is 0 Å². The van der Waals surface area contributed by atoms with Crippen LogP contribution in [0.15, 0.2) is 10.5 Å². The summed E-state index contributed by atoms with van der Waals surface area (Å²) < 4.78 is 13.9. The molecule has 8 nitrogen and oxygen atoms in total. The standard InChI is InChI=1S/C34H53BrO8/c1-9-23(31-20(6)17-34(11-3,43-31)26-14-15-33(41,10-2)22(8)42-26)30(38)21(7)28(36)18(4)12-13-24-25(35)16-19(5)29(37)27(24)32(39)40/h16,18,20-23,26,28,31,36-37,41H,9-15,17H2,1-8H3,(H,39,40)/t18-,20-,21-,22-,23-,26?,28-,31-,33+,34-/m0/s1. The summed E-state index contributed by atoms with van der Waals surface area (Å²) in [4.78, 5) is 25.8. The van der Waals surface area contributed by atoms with Gasteiger partial charge in [-0.1, -0.05) is 57.5 Å². The fraction of sp³-hybridized carbons (Fsp3) is 0.765. The normalized spacial score (nSPS) is 32.3. The number of aromatic carboxylic acids is 1. The third kappa shape index (κ3) is 7.16. The molecule has 2 aliphatic rings. The summed E-state index contributed by atoms with van der Waals surface area (Å²) in [5, 5.41) is 42.3. The molecule has 2 saturated heterocycles. The van der Waals surface area contributed by atoms with Crippen molar-refractivity contribution in [3.05, 3.63) is 27.2 Å². The third-order valence-corrected chi connectivity index (χ3v) is 11.4. The Morgan fingerprint density at radius 2 is 1.81 bits per heavy atom. The van der Waals surface area contributed by atoms with E-state index in [1.807, 2.05) is 27.7 Å². The molecule has 0 spiro atoms. The Hall–Kier alpha value is -1.52. The molecule has 0 amide bonds. The summed E-state index contributed by atoms with van der Waals surface area (Å²) in [6.07, 6.45) is 3.20. The largest absolute Gasteiger partial charge is 0.507 e. The smallest absolute Gasteiger partial charge is 0.339 e. The number of aliphatic hydroxyl groups excluding tert-OH is 1. The number of hydrogen-bond donors (Lipinski definition) is 4. The second-order valence-electron chi connectivity index (χ2n) is 13.3. The Kier molecular flexibility index (Phi) is 11.9. The molecule has 43 heavy (non-hydrogen) atoms. The molecule has 3 rings (SSSR count).